The first-order chi connectivity index (χ1) is 15.3. The van der Waals surface area contributed by atoms with Gasteiger partial charge in [-0.2, -0.15) is 0 Å². The van der Waals surface area contributed by atoms with Crippen molar-refractivity contribution in [3.63, 3.8) is 0 Å². The van der Waals surface area contributed by atoms with E-state index in [1.807, 2.05) is 55.6 Å². The number of halogens is 1. The molecule has 2 aromatic carbocycles. The second kappa shape index (κ2) is 9.68. The molecule has 1 aromatic heterocycles. The lowest BCUT2D eigenvalue weighted by Crippen LogP contribution is -2.40. The van der Waals surface area contributed by atoms with Gasteiger partial charge < -0.3 is 9.88 Å². The van der Waals surface area contributed by atoms with Gasteiger partial charge in [-0.1, -0.05) is 65.8 Å². The van der Waals surface area contributed by atoms with E-state index >= 15 is 0 Å². The van der Waals surface area contributed by atoms with Gasteiger partial charge in [-0.3, -0.25) is 4.79 Å². The lowest BCUT2D eigenvalue weighted by molar-refractivity contribution is -0.120. The molecule has 1 amide bonds. The van der Waals surface area contributed by atoms with Gasteiger partial charge in [-0.05, 0) is 36.6 Å². The van der Waals surface area contributed by atoms with Crippen LogP contribution >= 0.6 is 23.4 Å². The van der Waals surface area contributed by atoms with E-state index in [1.165, 1.54) is 11.8 Å². The number of carbonyl (C=O) groups is 1. The van der Waals surface area contributed by atoms with Crippen molar-refractivity contribution < 1.29 is 13.2 Å². The summed E-state index contributed by atoms with van der Waals surface area (Å²) >= 11 is 7.42. The summed E-state index contributed by atoms with van der Waals surface area (Å²) in [5.74, 6) is -0.0374. The van der Waals surface area contributed by atoms with Crippen LogP contribution in [0.2, 0.25) is 5.02 Å². The van der Waals surface area contributed by atoms with Crippen molar-refractivity contribution >= 4 is 39.1 Å². The van der Waals surface area contributed by atoms with Crippen LogP contribution in [0.3, 0.4) is 0 Å². The van der Waals surface area contributed by atoms with Crippen molar-refractivity contribution in [1.29, 1.82) is 0 Å². The molecule has 1 saturated heterocycles. The normalized spacial score (nSPS) is 18.4. The first-order valence-corrected chi connectivity index (χ1v) is 13.4. The first kappa shape index (κ1) is 22.9. The van der Waals surface area contributed by atoms with E-state index in [-0.39, 0.29) is 23.5 Å². The maximum atomic E-state index is 12.7. The van der Waals surface area contributed by atoms with Crippen molar-refractivity contribution in [3.05, 3.63) is 71.4 Å². The monoisotopic (exact) mass is 489 g/mol. The molecule has 1 aliphatic heterocycles. The number of imidazole rings is 1. The minimum Gasteiger partial charge on any atom is -0.351 e. The minimum absolute atomic E-state index is 0.0134. The number of nitrogens with one attached hydrogen (secondary N) is 1. The van der Waals surface area contributed by atoms with Crippen LogP contribution in [0.4, 0.5) is 0 Å². The Morgan fingerprint density at radius 3 is 2.59 bits per heavy atom. The Morgan fingerprint density at radius 2 is 1.94 bits per heavy atom. The molecule has 1 N–H and O–H groups in total. The summed E-state index contributed by atoms with van der Waals surface area (Å²) in [6.45, 7) is 2.42. The van der Waals surface area contributed by atoms with Crippen molar-refractivity contribution in [2.75, 3.05) is 11.5 Å². The highest BCUT2D eigenvalue weighted by molar-refractivity contribution is 8.00. The number of sulfone groups is 1. The number of rotatable bonds is 7. The molecule has 0 spiro atoms. The predicted octanol–water partition coefficient (Wildman–Crippen LogP) is 4.04. The molecule has 2 unspecified atom stereocenters. The molecule has 3 aromatic rings. The molecule has 2 heterocycles. The second-order valence-electron chi connectivity index (χ2n) is 7.87. The van der Waals surface area contributed by atoms with E-state index in [1.54, 1.807) is 0 Å². The third kappa shape index (κ3) is 5.54. The zero-order valence-corrected chi connectivity index (χ0v) is 20.0. The number of amides is 1. The molecule has 0 radical (unpaired) electrons. The van der Waals surface area contributed by atoms with Gasteiger partial charge in [-0.25, -0.2) is 13.4 Å². The molecule has 1 aliphatic rings. The average Bonchev–Trinajstić information content (AvgIpc) is 3.31. The second-order valence-corrected chi connectivity index (χ2v) is 11.8. The Labute approximate surface area is 197 Å². The molecule has 0 aliphatic carbocycles. The minimum atomic E-state index is -3.04. The van der Waals surface area contributed by atoms with Crippen LogP contribution in [0.1, 0.15) is 18.9 Å². The first-order valence-electron chi connectivity index (χ1n) is 10.3. The van der Waals surface area contributed by atoms with Crippen molar-refractivity contribution in [1.82, 2.24) is 14.9 Å². The molecule has 2 atom stereocenters. The number of hydrogen-bond acceptors (Lipinski definition) is 5. The number of carbonyl (C=O) groups excluding carboxylic acids is 1. The summed E-state index contributed by atoms with van der Waals surface area (Å²) in [5, 5.41) is 3.84. The maximum Gasteiger partial charge on any atom is 0.233 e. The molecule has 1 fully saturated rings. The van der Waals surface area contributed by atoms with E-state index in [0.29, 0.717) is 18.0 Å². The van der Waals surface area contributed by atoms with Gasteiger partial charge in [0.15, 0.2) is 15.0 Å². The molecule has 0 saturated carbocycles. The Kier molecular flexibility index (Phi) is 6.93. The third-order valence-electron chi connectivity index (χ3n) is 5.37. The fourth-order valence-electron chi connectivity index (χ4n) is 3.66. The van der Waals surface area contributed by atoms with Gasteiger partial charge >= 0.3 is 0 Å². The van der Waals surface area contributed by atoms with E-state index in [2.05, 4.69) is 27.0 Å². The summed E-state index contributed by atoms with van der Waals surface area (Å²) in [7, 11) is -3.04. The van der Waals surface area contributed by atoms with Crippen LogP contribution in [0.5, 0.6) is 0 Å². The summed E-state index contributed by atoms with van der Waals surface area (Å²) in [5.41, 5.74) is 3.04. The van der Waals surface area contributed by atoms with E-state index in [4.69, 9.17) is 11.6 Å². The Hall–Kier alpha value is -2.29. The van der Waals surface area contributed by atoms with Gasteiger partial charge in [0.2, 0.25) is 5.91 Å². The van der Waals surface area contributed by atoms with Gasteiger partial charge in [-0.15, -0.1) is 0 Å². The Bertz CT molecular complexity index is 1190. The smallest absolute Gasteiger partial charge is 0.233 e. The number of hydrogen-bond donors (Lipinski definition) is 1. The summed E-state index contributed by atoms with van der Waals surface area (Å²) < 4.78 is 25.5. The maximum absolute atomic E-state index is 12.7. The number of aromatic nitrogens is 2. The highest BCUT2D eigenvalue weighted by Gasteiger charge is 2.30. The van der Waals surface area contributed by atoms with Crippen LogP contribution < -0.4 is 5.32 Å². The van der Waals surface area contributed by atoms with E-state index < -0.39 is 15.1 Å². The largest absolute Gasteiger partial charge is 0.351 e. The highest BCUT2D eigenvalue weighted by Crippen LogP contribution is 2.30. The molecule has 6 nitrogen and oxygen atoms in total. The van der Waals surface area contributed by atoms with Crippen LogP contribution in [-0.4, -0.2) is 46.7 Å². The van der Waals surface area contributed by atoms with Gasteiger partial charge in [0.25, 0.3) is 0 Å². The highest BCUT2D eigenvalue weighted by atomic mass is 35.5. The molecule has 0 bridgehead atoms. The summed E-state index contributed by atoms with van der Waals surface area (Å²) in [6, 6.07) is 17.3. The van der Waals surface area contributed by atoms with Crippen LogP contribution in [0.25, 0.3) is 11.3 Å². The Morgan fingerprint density at radius 1 is 1.22 bits per heavy atom. The molecule has 168 valence electrons. The molecule has 4 rings (SSSR count). The quantitative estimate of drug-likeness (QED) is 0.506. The predicted molar refractivity (Wildman–Crippen MR) is 129 cm³/mol. The zero-order valence-electron chi connectivity index (χ0n) is 17.6. The molecular weight excluding hydrogens is 466 g/mol. The SMILES string of the molecule is CC(Sc1ncc(-c2ccc(Cl)cc2)n1Cc1ccccc1)C(=O)NC1CCS(=O)(=O)C1. The topological polar surface area (TPSA) is 81.1 Å². The standard InChI is InChI=1S/C23H24ClN3O3S2/c1-16(22(28)26-20-11-12-32(29,30)15-20)31-23-25-13-21(18-7-9-19(24)10-8-18)27(23)14-17-5-3-2-4-6-17/h2-10,13,16,20H,11-12,14-15H2,1H3,(H,26,28). The van der Waals surface area contributed by atoms with Gasteiger partial charge in [0, 0.05) is 11.1 Å². The third-order valence-corrected chi connectivity index (χ3v) is 8.50. The average molecular weight is 490 g/mol. The van der Waals surface area contributed by atoms with Crippen LogP contribution in [0, 0.1) is 0 Å². The lowest BCUT2D eigenvalue weighted by atomic mass is 10.1. The fraction of sp³-hybridized carbons (Fsp3) is 0.304. The Balaban J connectivity index is 1.56. The number of thioether (sulfide) groups is 1. The van der Waals surface area contributed by atoms with Crippen LogP contribution in [0.15, 0.2) is 66.0 Å². The van der Waals surface area contributed by atoms with Crippen molar-refractivity contribution in [2.45, 2.75) is 36.3 Å². The number of nitrogens with zero attached hydrogens (tertiary/aromatic N) is 2. The molecule has 9 heteroatoms. The van der Waals surface area contributed by atoms with Crippen LogP contribution in [-0.2, 0) is 21.2 Å². The molecule has 32 heavy (non-hydrogen) atoms. The van der Waals surface area contributed by atoms with Crippen molar-refractivity contribution in [3.8, 4) is 11.3 Å². The zero-order chi connectivity index (χ0) is 22.7. The molecular formula is C23H24ClN3O3S2. The van der Waals surface area contributed by atoms with E-state index in [9.17, 15) is 13.2 Å². The van der Waals surface area contributed by atoms with E-state index in [0.717, 1.165) is 22.0 Å². The van der Waals surface area contributed by atoms with Gasteiger partial charge in [0.05, 0.1) is 35.2 Å². The summed E-state index contributed by atoms with van der Waals surface area (Å²) in [6.07, 6.45) is 2.28. The summed E-state index contributed by atoms with van der Waals surface area (Å²) in [4.78, 5) is 17.3. The van der Waals surface area contributed by atoms with Crippen molar-refractivity contribution in [2.24, 2.45) is 0 Å². The lowest BCUT2D eigenvalue weighted by Gasteiger charge is -2.17. The fourth-order valence-corrected chi connectivity index (χ4v) is 6.36. The van der Waals surface area contributed by atoms with Gasteiger partial charge in [0.1, 0.15) is 0 Å². The number of benzene rings is 2.